The van der Waals surface area contributed by atoms with E-state index in [0.29, 0.717) is 28.0 Å². The number of aromatic hydroxyl groups is 1. The predicted molar refractivity (Wildman–Crippen MR) is 120 cm³/mol. The number of hydrogen-bond donors (Lipinski definition) is 1. The first-order valence-corrected chi connectivity index (χ1v) is 9.63. The third kappa shape index (κ3) is 3.35. The first-order chi connectivity index (χ1) is 14.5. The molecule has 0 radical (unpaired) electrons. The molecule has 1 heterocycles. The van der Waals surface area contributed by atoms with Crippen LogP contribution in [0.15, 0.2) is 65.5 Å². The molecule has 1 N–H and O–H groups in total. The van der Waals surface area contributed by atoms with E-state index in [-0.39, 0.29) is 11.3 Å². The summed E-state index contributed by atoms with van der Waals surface area (Å²) in [6.45, 7) is 4.01. The lowest BCUT2D eigenvalue weighted by Crippen LogP contribution is -2.23. The van der Waals surface area contributed by atoms with Crippen molar-refractivity contribution in [3.05, 3.63) is 93.5 Å². The van der Waals surface area contributed by atoms with E-state index in [1.165, 1.54) is 7.11 Å². The molecule has 0 unspecified atom stereocenters. The van der Waals surface area contributed by atoms with Crippen LogP contribution in [0.3, 0.4) is 0 Å². The van der Waals surface area contributed by atoms with E-state index in [2.05, 4.69) is 0 Å². The Kier molecular flexibility index (Phi) is 5.11. The van der Waals surface area contributed by atoms with Gasteiger partial charge < -0.3 is 9.84 Å². The maximum absolute atomic E-state index is 13.4. The fraction of sp³-hybridized carbons (Fsp3) is 0.120. The van der Waals surface area contributed by atoms with Gasteiger partial charge in [-0.1, -0.05) is 36.4 Å². The third-order valence-corrected chi connectivity index (χ3v) is 5.28. The minimum atomic E-state index is -0.135. The van der Waals surface area contributed by atoms with Crippen LogP contribution < -0.4 is 10.3 Å². The minimum absolute atomic E-state index is 0.0395. The number of hydrogen-bond acceptors (Lipinski definition) is 4. The summed E-state index contributed by atoms with van der Waals surface area (Å²) in [4.78, 5) is 18.1. The Balaban J connectivity index is 1.97. The number of rotatable bonds is 4. The topological polar surface area (TPSA) is 64.3 Å². The zero-order chi connectivity index (χ0) is 21.3. The summed E-state index contributed by atoms with van der Waals surface area (Å²) in [5, 5.41) is 11.0. The van der Waals surface area contributed by atoms with E-state index in [0.717, 1.165) is 16.8 Å². The van der Waals surface area contributed by atoms with Crippen LogP contribution in [0.25, 0.3) is 28.7 Å². The van der Waals surface area contributed by atoms with Crippen molar-refractivity contribution in [2.45, 2.75) is 13.8 Å². The monoisotopic (exact) mass is 398 g/mol. The summed E-state index contributed by atoms with van der Waals surface area (Å²) in [6, 6.07) is 18.4. The fourth-order valence-electron chi connectivity index (χ4n) is 3.48. The Morgan fingerprint density at radius 3 is 2.53 bits per heavy atom. The van der Waals surface area contributed by atoms with Crippen LogP contribution in [0.1, 0.15) is 22.5 Å². The van der Waals surface area contributed by atoms with Crippen molar-refractivity contribution in [1.29, 1.82) is 0 Å². The van der Waals surface area contributed by atoms with Crippen molar-refractivity contribution in [3.8, 4) is 17.2 Å². The number of nitrogens with zero attached hydrogens (tertiary/aromatic N) is 2. The molecule has 0 saturated carbocycles. The first-order valence-electron chi connectivity index (χ1n) is 9.63. The van der Waals surface area contributed by atoms with Crippen LogP contribution in [0.2, 0.25) is 0 Å². The van der Waals surface area contributed by atoms with E-state index in [1.807, 2.05) is 50.2 Å². The quantitative estimate of drug-likeness (QED) is 0.532. The lowest BCUT2D eigenvalue weighted by molar-refractivity contribution is 0.373. The van der Waals surface area contributed by atoms with Crippen LogP contribution in [0.4, 0.5) is 0 Å². The molecule has 3 aromatic carbocycles. The van der Waals surface area contributed by atoms with Crippen molar-refractivity contribution >= 4 is 23.1 Å². The Hall–Kier alpha value is -3.86. The SMILES string of the molecule is COc1cccc(/C=C/c2nc3ccccc3c(=O)n2-c2cccc(C)c2C)c1O. The number of phenols is 1. The third-order valence-electron chi connectivity index (χ3n) is 5.28. The molecular formula is C25H22N2O3. The molecule has 4 rings (SSSR count). The van der Waals surface area contributed by atoms with Crippen molar-refractivity contribution < 1.29 is 9.84 Å². The van der Waals surface area contributed by atoms with Crippen molar-refractivity contribution in [3.63, 3.8) is 0 Å². The van der Waals surface area contributed by atoms with E-state index >= 15 is 0 Å². The number of aromatic nitrogens is 2. The van der Waals surface area contributed by atoms with Gasteiger partial charge in [-0.05, 0) is 61.4 Å². The van der Waals surface area contributed by atoms with Crippen LogP contribution in [0, 0.1) is 13.8 Å². The summed E-state index contributed by atoms with van der Waals surface area (Å²) < 4.78 is 6.81. The second-order valence-electron chi connectivity index (χ2n) is 7.08. The second-order valence-corrected chi connectivity index (χ2v) is 7.08. The molecule has 0 aliphatic carbocycles. The molecule has 0 amide bonds. The van der Waals surface area contributed by atoms with Crippen LogP contribution in [-0.2, 0) is 0 Å². The second kappa shape index (κ2) is 7.87. The number of methoxy groups -OCH3 is 1. The van der Waals surface area contributed by atoms with Crippen LogP contribution >= 0.6 is 0 Å². The summed E-state index contributed by atoms with van der Waals surface area (Å²) >= 11 is 0. The Morgan fingerprint density at radius 2 is 1.73 bits per heavy atom. The summed E-state index contributed by atoms with van der Waals surface area (Å²) in [6.07, 6.45) is 3.47. The lowest BCUT2D eigenvalue weighted by atomic mass is 10.1. The molecule has 5 heteroatoms. The molecule has 5 nitrogen and oxygen atoms in total. The minimum Gasteiger partial charge on any atom is -0.504 e. The normalized spacial score (nSPS) is 11.3. The number of benzene rings is 3. The van der Waals surface area contributed by atoms with Gasteiger partial charge in [0.1, 0.15) is 5.82 Å². The maximum atomic E-state index is 13.4. The largest absolute Gasteiger partial charge is 0.504 e. The Morgan fingerprint density at radius 1 is 0.967 bits per heavy atom. The summed E-state index contributed by atoms with van der Waals surface area (Å²) in [7, 11) is 1.51. The van der Waals surface area contributed by atoms with Crippen LogP contribution in [-0.4, -0.2) is 21.8 Å². The number of ether oxygens (including phenoxy) is 1. The molecule has 0 spiro atoms. The number of para-hydroxylation sites is 2. The fourth-order valence-corrected chi connectivity index (χ4v) is 3.48. The smallest absolute Gasteiger partial charge is 0.266 e. The van der Waals surface area contributed by atoms with Gasteiger partial charge in [-0.3, -0.25) is 9.36 Å². The van der Waals surface area contributed by atoms with Crippen molar-refractivity contribution in [1.82, 2.24) is 9.55 Å². The van der Waals surface area contributed by atoms with Gasteiger partial charge in [0.2, 0.25) is 0 Å². The summed E-state index contributed by atoms with van der Waals surface area (Å²) in [5.74, 6) is 0.905. The number of fused-ring (bicyclic) bond motifs is 1. The molecule has 0 aliphatic rings. The molecule has 30 heavy (non-hydrogen) atoms. The van der Waals surface area contributed by atoms with Crippen molar-refractivity contribution in [2.24, 2.45) is 0 Å². The molecule has 0 fully saturated rings. The molecule has 0 aliphatic heterocycles. The van der Waals surface area contributed by atoms with E-state index < -0.39 is 0 Å². The van der Waals surface area contributed by atoms with Gasteiger partial charge in [0.25, 0.3) is 5.56 Å². The first kappa shape index (κ1) is 19.5. The number of aryl methyl sites for hydroxylation is 1. The van der Waals surface area contributed by atoms with E-state index in [1.54, 1.807) is 41.0 Å². The predicted octanol–water partition coefficient (Wildman–Crippen LogP) is 4.89. The van der Waals surface area contributed by atoms with Crippen molar-refractivity contribution in [2.75, 3.05) is 7.11 Å². The molecule has 1 aromatic heterocycles. The van der Waals surface area contributed by atoms with Gasteiger partial charge >= 0.3 is 0 Å². The van der Waals surface area contributed by atoms with Crippen LogP contribution in [0.5, 0.6) is 11.5 Å². The van der Waals surface area contributed by atoms with Gasteiger partial charge in [-0.15, -0.1) is 0 Å². The zero-order valence-electron chi connectivity index (χ0n) is 17.1. The Labute approximate surface area is 174 Å². The zero-order valence-corrected chi connectivity index (χ0v) is 17.1. The molecule has 150 valence electrons. The van der Waals surface area contributed by atoms with E-state index in [9.17, 15) is 9.90 Å². The summed E-state index contributed by atoms with van der Waals surface area (Å²) in [5.41, 5.74) is 3.95. The standard InChI is InChI=1S/C25H22N2O3/c1-16-8-6-12-21(17(16)2)27-23(26-20-11-5-4-10-19(20)25(27)29)15-14-18-9-7-13-22(30-3)24(18)28/h4-15,28H,1-3H3/b15-14+. The molecule has 0 bridgehead atoms. The number of phenolic OH excluding ortho intramolecular Hbond substituents is 1. The highest BCUT2D eigenvalue weighted by atomic mass is 16.5. The average Bonchev–Trinajstić information content (AvgIpc) is 2.75. The maximum Gasteiger partial charge on any atom is 0.266 e. The van der Waals surface area contributed by atoms with Gasteiger partial charge in [-0.2, -0.15) is 0 Å². The van der Waals surface area contributed by atoms with Gasteiger partial charge in [0.15, 0.2) is 11.5 Å². The molecule has 0 saturated heterocycles. The van der Waals surface area contributed by atoms with E-state index in [4.69, 9.17) is 9.72 Å². The average molecular weight is 398 g/mol. The highest BCUT2D eigenvalue weighted by Gasteiger charge is 2.14. The van der Waals surface area contributed by atoms with Gasteiger partial charge in [-0.25, -0.2) is 4.98 Å². The molecule has 4 aromatic rings. The molecular weight excluding hydrogens is 376 g/mol. The lowest BCUT2D eigenvalue weighted by Gasteiger charge is -2.15. The van der Waals surface area contributed by atoms with Gasteiger partial charge in [0.05, 0.1) is 23.7 Å². The highest BCUT2D eigenvalue weighted by Crippen LogP contribution is 2.30. The highest BCUT2D eigenvalue weighted by molar-refractivity contribution is 5.80. The van der Waals surface area contributed by atoms with Gasteiger partial charge in [0, 0.05) is 5.56 Å². The Bertz CT molecular complexity index is 1340. The molecule has 0 atom stereocenters.